The summed E-state index contributed by atoms with van der Waals surface area (Å²) in [6, 6.07) is 3.76. The third-order valence-electron chi connectivity index (χ3n) is 3.92. The third kappa shape index (κ3) is 3.56. The van der Waals surface area contributed by atoms with Gasteiger partial charge in [0.05, 0.1) is 5.92 Å². The first kappa shape index (κ1) is 14.5. The van der Waals surface area contributed by atoms with Gasteiger partial charge in [-0.05, 0) is 37.0 Å². The van der Waals surface area contributed by atoms with E-state index in [1.165, 1.54) is 0 Å². The Hall–Kier alpha value is -1.91. The molecule has 1 fully saturated rings. The highest BCUT2D eigenvalue weighted by Crippen LogP contribution is 2.30. The van der Waals surface area contributed by atoms with E-state index in [-0.39, 0.29) is 17.7 Å². The van der Waals surface area contributed by atoms with Gasteiger partial charge in [0.25, 0.3) is 0 Å². The van der Waals surface area contributed by atoms with E-state index in [4.69, 9.17) is 5.11 Å². The van der Waals surface area contributed by atoms with Crippen molar-refractivity contribution in [1.82, 2.24) is 9.88 Å². The maximum absolute atomic E-state index is 12.4. The van der Waals surface area contributed by atoms with Crippen molar-refractivity contribution in [1.29, 1.82) is 0 Å². The number of nitrogens with zero attached hydrogens (tertiary/aromatic N) is 2. The molecule has 1 aliphatic carbocycles. The summed E-state index contributed by atoms with van der Waals surface area (Å²) >= 11 is 0. The van der Waals surface area contributed by atoms with Crippen LogP contribution in [0.3, 0.4) is 0 Å². The average molecular weight is 276 g/mol. The van der Waals surface area contributed by atoms with Gasteiger partial charge in [-0.15, -0.1) is 0 Å². The summed E-state index contributed by atoms with van der Waals surface area (Å²) < 4.78 is 0. The molecule has 1 amide bonds. The van der Waals surface area contributed by atoms with Crippen LogP contribution in [0.4, 0.5) is 0 Å². The fourth-order valence-electron chi connectivity index (χ4n) is 2.79. The van der Waals surface area contributed by atoms with E-state index >= 15 is 0 Å². The lowest BCUT2D eigenvalue weighted by Gasteiger charge is -2.29. The van der Waals surface area contributed by atoms with Crippen molar-refractivity contribution in [2.45, 2.75) is 32.2 Å². The minimum Gasteiger partial charge on any atom is -0.481 e. The molecule has 0 saturated heterocycles. The van der Waals surface area contributed by atoms with Gasteiger partial charge in [0.2, 0.25) is 5.91 Å². The van der Waals surface area contributed by atoms with E-state index in [0.717, 1.165) is 18.4 Å². The summed E-state index contributed by atoms with van der Waals surface area (Å²) in [6.07, 6.45) is 6.17. The molecule has 0 bridgehead atoms. The van der Waals surface area contributed by atoms with E-state index in [0.29, 0.717) is 19.4 Å². The molecule has 0 radical (unpaired) electrons. The van der Waals surface area contributed by atoms with Crippen LogP contribution >= 0.6 is 0 Å². The normalized spacial score (nSPS) is 22.2. The zero-order valence-corrected chi connectivity index (χ0v) is 11.7. The monoisotopic (exact) mass is 276 g/mol. The van der Waals surface area contributed by atoms with Gasteiger partial charge in [-0.3, -0.25) is 14.6 Å². The Morgan fingerprint density at radius 3 is 2.60 bits per heavy atom. The van der Waals surface area contributed by atoms with Crippen LogP contribution in [0.5, 0.6) is 0 Å². The van der Waals surface area contributed by atoms with Crippen molar-refractivity contribution in [2.75, 3.05) is 7.05 Å². The molecule has 0 aromatic carbocycles. The molecule has 108 valence electrons. The summed E-state index contributed by atoms with van der Waals surface area (Å²) in [5.41, 5.74) is 1.03. The van der Waals surface area contributed by atoms with Crippen molar-refractivity contribution >= 4 is 11.9 Å². The molecule has 1 heterocycles. The number of hydrogen-bond donors (Lipinski definition) is 1. The maximum Gasteiger partial charge on any atom is 0.306 e. The second-order valence-corrected chi connectivity index (χ2v) is 5.45. The van der Waals surface area contributed by atoms with E-state index in [1.807, 2.05) is 12.1 Å². The number of carboxylic acids is 1. The van der Waals surface area contributed by atoms with Crippen LogP contribution in [0.1, 0.15) is 31.2 Å². The zero-order valence-electron chi connectivity index (χ0n) is 11.7. The molecule has 0 spiro atoms. The topological polar surface area (TPSA) is 70.5 Å². The van der Waals surface area contributed by atoms with E-state index in [2.05, 4.69) is 4.98 Å². The number of carbonyl (C=O) groups excluding carboxylic acids is 1. The van der Waals surface area contributed by atoms with E-state index in [9.17, 15) is 9.59 Å². The van der Waals surface area contributed by atoms with Crippen LogP contribution in [0, 0.1) is 11.8 Å². The van der Waals surface area contributed by atoms with Gasteiger partial charge in [-0.25, -0.2) is 0 Å². The van der Waals surface area contributed by atoms with Gasteiger partial charge in [0, 0.05) is 31.9 Å². The summed E-state index contributed by atoms with van der Waals surface area (Å²) in [7, 11) is 1.77. The minimum atomic E-state index is -0.778. The molecule has 20 heavy (non-hydrogen) atoms. The van der Waals surface area contributed by atoms with Crippen LogP contribution in [0.15, 0.2) is 24.5 Å². The molecule has 0 aliphatic heterocycles. The average Bonchev–Trinajstić information content (AvgIpc) is 2.47. The van der Waals surface area contributed by atoms with E-state index < -0.39 is 5.97 Å². The quantitative estimate of drug-likeness (QED) is 0.912. The Labute approximate surface area is 118 Å². The molecule has 2 unspecified atom stereocenters. The highest BCUT2D eigenvalue weighted by atomic mass is 16.4. The zero-order chi connectivity index (χ0) is 14.5. The SMILES string of the molecule is CN(Cc1ccncc1)C(=O)C1CCCC(C(=O)O)C1. The lowest BCUT2D eigenvalue weighted by atomic mass is 9.81. The molecule has 1 aliphatic rings. The first-order chi connectivity index (χ1) is 9.58. The van der Waals surface area contributed by atoms with Crippen molar-refractivity contribution in [3.8, 4) is 0 Å². The van der Waals surface area contributed by atoms with Gasteiger partial charge >= 0.3 is 5.97 Å². The second-order valence-electron chi connectivity index (χ2n) is 5.45. The predicted octanol–water partition coefficient (Wildman–Crippen LogP) is 1.93. The van der Waals surface area contributed by atoms with Crippen LogP contribution in [-0.2, 0) is 16.1 Å². The third-order valence-corrected chi connectivity index (χ3v) is 3.92. The van der Waals surface area contributed by atoms with Crippen LogP contribution in [0.2, 0.25) is 0 Å². The van der Waals surface area contributed by atoms with Gasteiger partial charge in [0.15, 0.2) is 0 Å². The number of amides is 1. The standard InChI is InChI=1S/C15H20N2O3/c1-17(10-11-5-7-16-8-6-11)14(18)12-3-2-4-13(9-12)15(19)20/h5-8,12-13H,2-4,9-10H2,1H3,(H,19,20). The first-order valence-electron chi connectivity index (χ1n) is 6.94. The molecule has 5 heteroatoms. The number of carboxylic acid groups (broad SMARTS) is 1. The molecule has 1 saturated carbocycles. The number of pyridine rings is 1. The fourth-order valence-corrected chi connectivity index (χ4v) is 2.79. The Balaban J connectivity index is 1.94. The highest BCUT2D eigenvalue weighted by Gasteiger charge is 2.32. The van der Waals surface area contributed by atoms with Crippen LogP contribution in [-0.4, -0.2) is 33.9 Å². The van der Waals surface area contributed by atoms with Gasteiger partial charge in [-0.1, -0.05) is 6.42 Å². The first-order valence-corrected chi connectivity index (χ1v) is 6.94. The molecule has 1 aromatic rings. The Morgan fingerprint density at radius 2 is 1.95 bits per heavy atom. The molecule has 2 atom stereocenters. The summed E-state index contributed by atoms with van der Waals surface area (Å²) in [5, 5.41) is 9.08. The molecular formula is C15H20N2O3. The van der Waals surface area contributed by atoms with Gasteiger partial charge < -0.3 is 10.0 Å². The van der Waals surface area contributed by atoms with Gasteiger partial charge in [-0.2, -0.15) is 0 Å². The summed E-state index contributed by atoms with van der Waals surface area (Å²) in [5.74, 6) is -1.25. The summed E-state index contributed by atoms with van der Waals surface area (Å²) in [6.45, 7) is 0.537. The molecule has 1 N–H and O–H groups in total. The van der Waals surface area contributed by atoms with Crippen molar-refractivity contribution in [3.05, 3.63) is 30.1 Å². The predicted molar refractivity (Wildman–Crippen MR) is 73.8 cm³/mol. The highest BCUT2D eigenvalue weighted by molar-refractivity contribution is 5.80. The number of aromatic nitrogens is 1. The molecule has 1 aromatic heterocycles. The Kier molecular flexibility index (Phi) is 4.71. The fraction of sp³-hybridized carbons (Fsp3) is 0.533. The largest absolute Gasteiger partial charge is 0.481 e. The molecule has 2 rings (SSSR count). The van der Waals surface area contributed by atoms with Crippen molar-refractivity contribution in [2.24, 2.45) is 11.8 Å². The Morgan fingerprint density at radius 1 is 1.30 bits per heavy atom. The van der Waals surface area contributed by atoms with Gasteiger partial charge in [0.1, 0.15) is 0 Å². The minimum absolute atomic E-state index is 0.0489. The number of rotatable bonds is 4. The number of aliphatic carboxylic acids is 1. The van der Waals surface area contributed by atoms with Crippen molar-refractivity contribution < 1.29 is 14.7 Å². The lowest BCUT2D eigenvalue weighted by Crippen LogP contribution is -2.36. The van der Waals surface area contributed by atoms with E-state index in [1.54, 1.807) is 24.3 Å². The Bertz CT molecular complexity index is 475. The molecular weight excluding hydrogens is 256 g/mol. The second kappa shape index (κ2) is 6.50. The van der Waals surface area contributed by atoms with Crippen LogP contribution < -0.4 is 0 Å². The van der Waals surface area contributed by atoms with Crippen molar-refractivity contribution in [3.63, 3.8) is 0 Å². The number of hydrogen-bond acceptors (Lipinski definition) is 3. The number of carbonyl (C=O) groups is 2. The maximum atomic E-state index is 12.4. The lowest BCUT2D eigenvalue weighted by molar-refractivity contribution is -0.145. The van der Waals surface area contributed by atoms with Crippen LogP contribution in [0.25, 0.3) is 0 Å². The summed E-state index contributed by atoms with van der Waals surface area (Å²) in [4.78, 5) is 29.1. The molecule has 5 nitrogen and oxygen atoms in total. The smallest absolute Gasteiger partial charge is 0.306 e.